The van der Waals surface area contributed by atoms with Crippen molar-refractivity contribution in [1.82, 2.24) is 20.5 Å². The molecule has 1 unspecified atom stereocenters. The number of H-pyrrole nitrogens is 1. The van der Waals surface area contributed by atoms with Crippen LogP contribution in [0.2, 0.25) is 0 Å². The van der Waals surface area contributed by atoms with Gasteiger partial charge in [-0.15, -0.1) is 5.10 Å². The number of aromatic nitrogens is 3. The monoisotopic (exact) mass is 282 g/mol. The average Bonchev–Trinajstić information content (AvgIpc) is 2.83. The molecule has 0 fully saturated rings. The van der Waals surface area contributed by atoms with E-state index in [4.69, 9.17) is 5.11 Å². The summed E-state index contributed by atoms with van der Waals surface area (Å²) in [6, 6.07) is 0. The molecule has 7 nitrogen and oxygen atoms in total. The molecule has 7 heteroatoms. The van der Waals surface area contributed by atoms with E-state index in [9.17, 15) is 9.59 Å². The minimum atomic E-state index is -0.905. The predicted molar refractivity (Wildman–Crippen MR) is 73.4 cm³/mol. The van der Waals surface area contributed by atoms with Gasteiger partial charge in [-0.3, -0.25) is 14.7 Å². The summed E-state index contributed by atoms with van der Waals surface area (Å²) in [6.45, 7) is 7.86. The highest BCUT2D eigenvalue weighted by molar-refractivity contribution is 5.90. The van der Waals surface area contributed by atoms with Gasteiger partial charge in [0.25, 0.3) is 5.91 Å². The lowest BCUT2D eigenvalue weighted by Gasteiger charge is -2.13. The lowest BCUT2D eigenvalue weighted by atomic mass is 9.96. The molecule has 112 valence electrons. The SMILES string of the molecule is CCCC(CNC(=O)c1n[nH]c(C(C)(C)C)n1)C(=O)O. The number of carbonyl (C=O) groups excluding carboxylic acids is 1. The fourth-order valence-electron chi connectivity index (χ4n) is 1.66. The van der Waals surface area contributed by atoms with E-state index in [2.05, 4.69) is 20.5 Å². The third-order valence-electron chi connectivity index (χ3n) is 2.89. The Kier molecular flexibility index (Phi) is 5.24. The second-order valence-electron chi connectivity index (χ2n) is 5.79. The first-order valence-electron chi connectivity index (χ1n) is 6.69. The van der Waals surface area contributed by atoms with Gasteiger partial charge < -0.3 is 10.4 Å². The Labute approximate surface area is 118 Å². The summed E-state index contributed by atoms with van der Waals surface area (Å²) in [4.78, 5) is 27.0. The fraction of sp³-hybridized carbons (Fsp3) is 0.692. The normalized spacial score (nSPS) is 13.0. The van der Waals surface area contributed by atoms with Crippen molar-refractivity contribution in [3.8, 4) is 0 Å². The maximum Gasteiger partial charge on any atom is 0.308 e. The third kappa shape index (κ3) is 4.32. The van der Waals surface area contributed by atoms with Crippen molar-refractivity contribution in [2.24, 2.45) is 5.92 Å². The number of amides is 1. The van der Waals surface area contributed by atoms with Gasteiger partial charge in [0.1, 0.15) is 5.82 Å². The van der Waals surface area contributed by atoms with Crippen LogP contribution in [-0.4, -0.2) is 38.7 Å². The number of carboxylic acids is 1. The highest BCUT2D eigenvalue weighted by Crippen LogP contribution is 2.17. The number of nitrogens with one attached hydrogen (secondary N) is 2. The van der Waals surface area contributed by atoms with E-state index in [1.807, 2.05) is 27.7 Å². The predicted octanol–water partition coefficient (Wildman–Crippen LogP) is 1.33. The molecule has 1 rings (SSSR count). The molecule has 0 saturated heterocycles. The second-order valence-corrected chi connectivity index (χ2v) is 5.79. The van der Waals surface area contributed by atoms with Crippen molar-refractivity contribution in [3.63, 3.8) is 0 Å². The van der Waals surface area contributed by atoms with Crippen LogP contribution in [0.4, 0.5) is 0 Å². The van der Waals surface area contributed by atoms with Crippen LogP contribution in [0.25, 0.3) is 0 Å². The van der Waals surface area contributed by atoms with Gasteiger partial charge in [-0.25, -0.2) is 4.98 Å². The second kappa shape index (κ2) is 6.49. The molecule has 0 aromatic carbocycles. The van der Waals surface area contributed by atoms with Crippen molar-refractivity contribution >= 4 is 11.9 Å². The molecule has 0 saturated carbocycles. The van der Waals surface area contributed by atoms with Crippen molar-refractivity contribution in [2.75, 3.05) is 6.54 Å². The van der Waals surface area contributed by atoms with Crippen LogP contribution >= 0.6 is 0 Å². The largest absolute Gasteiger partial charge is 0.481 e. The number of nitrogens with zero attached hydrogens (tertiary/aromatic N) is 2. The molecule has 1 heterocycles. The number of carbonyl (C=O) groups is 2. The van der Waals surface area contributed by atoms with Crippen LogP contribution in [0, 0.1) is 5.92 Å². The topological polar surface area (TPSA) is 108 Å². The number of rotatable bonds is 6. The molecule has 3 N–H and O–H groups in total. The number of hydrogen-bond donors (Lipinski definition) is 3. The summed E-state index contributed by atoms with van der Waals surface area (Å²) in [6.07, 6.45) is 1.28. The molecule has 0 radical (unpaired) electrons. The Balaban J connectivity index is 2.63. The number of aromatic amines is 1. The fourth-order valence-corrected chi connectivity index (χ4v) is 1.66. The lowest BCUT2D eigenvalue weighted by molar-refractivity contribution is -0.141. The number of carboxylic acid groups (broad SMARTS) is 1. The van der Waals surface area contributed by atoms with Gasteiger partial charge in [0.15, 0.2) is 0 Å². The smallest absolute Gasteiger partial charge is 0.308 e. The minimum Gasteiger partial charge on any atom is -0.481 e. The minimum absolute atomic E-state index is 0.0376. The van der Waals surface area contributed by atoms with Gasteiger partial charge in [-0.2, -0.15) is 0 Å². The van der Waals surface area contributed by atoms with Gasteiger partial charge >= 0.3 is 5.97 Å². The summed E-state index contributed by atoms with van der Waals surface area (Å²) >= 11 is 0. The molecule has 0 aliphatic carbocycles. The Bertz CT molecular complexity index is 476. The quantitative estimate of drug-likeness (QED) is 0.729. The van der Waals surface area contributed by atoms with Gasteiger partial charge in [-0.05, 0) is 6.42 Å². The standard InChI is InChI=1S/C13H22N4O3/c1-5-6-8(11(19)20)7-14-10(18)9-15-12(17-16-9)13(2,3)4/h8H,5-7H2,1-4H3,(H,14,18)(H,19,20)(H,15,16,17). The number of hydrogen-bond acceptors (Lipinski definition) is 4. The summed E-state index contributed by atoms with van der Waals surface area (Å²) in [5, 5.41) is 18.2. The van der Waals surface area contributed by atoms with Crippen molar-refractivity contribution < 1.29 is 14.7 Å². The first-order chi connectivity index (χ1) is 9.25. The molecule has 1 atom stereocenters. The van der Waals surface area contributed by atoms with E-state index >= 15 is 0 Å². The average molecular weight is 282 g/mol. The summed E-state index contributed by atoms with van der Waals surface area (Å²) < 4.78 is 0. The van der Waals surface area contributed by atoms with Crippen LogP contribution < -0.4 is 5.32 Å². The number of aliphatic carboxylic acids is 1. The Morgan fingerprint density at radius 2 is 2.05 bits per heavy atom. The van der Waals surface area contributed by atoms with E-state index in [1.165, 1.54) is 0 Å². The maximum atomic E-state index is 11.9. The Morgan fingerprint density at radius 3 is 2.50 bits per heavy atom. The van der Waals surface area contributed by atoms with Crippen LogP contribution in [0.3, 0.4) is 0 Å². The van der Waals surface area contributed by atoms with E-state index in [0.717, 1.165) is 6.42 Å². The Morgan fingerprint density at radius 1 is 1.40 bits per heavy atom. The third-order valence-corrected chi connectivity index (χ3v) is 2.89. The highest BCUT2D eigenvalue weighted by atomic mass is 16.4. The van der Waals surface area contributed by atoms with Crippen molar-refractivity contribution in [3.05, 3.63) is 11.6 Å². The molecule has 20 heavy (non-hydrogen) atoms. The summed E-state index contributed by atoms with van der Waals surface area (Å²) in [5.41, 5.74) is -0.225. The van der Waals surface area contributed by atoms with Crippen LogP contribution in [0.15, 0.2) is 0 Å². The first-order valence-corrected chi connectivity index (χ1v) is 6.69. The summed E-state index contributed by atoms with van der Waals surface area (Å²) in [5.74, 6) is -1.29. The van der Waals surface area contributed by atoms with Gasteiger partial charge in [0.2, 0.25) is 5.82 Å². The molecular formula is C13H22N4O3. The summed E-state index contributed by atoms with van der Waals surface area (Å²) in [7, 11) is 0. The van der Waals surface area contributed by atoms with E-state index < -0.39 is 17.8 Å². The zero-order chi connectivity index (χ0) is 15.3. The molecule has 1 amide bonds. The van der Waals surface area contributed by atoms with E-state index in [-0.39, 0.29) is 17.8 Å². The molecule has 0 spiro atoms. The van der Waals surface area contributed by atoms with Gasteiger partial charge in [0.05, 0.1) is 5.92 Å². The van der Waals surface area contributed by atoms with Crippen molar-refractivity contribution in [1.29, 1.82) is 0 Å². The molecule has 1 aromatic heterocycles. The van der Waals surface area contributed by atoms with Crippen LogP contribution in [0.5, 0.6) is 0 Å². The molecule has 1 aromatic rings. The molecule has 0 aliphatic rings. The molecule has 0 aliphatic heterocycles. The van der Waals surface area contributed by atoms with Crippen LogP contribution in [0.1, 0.15) is 57.0 Å². The lowest BCUT2D eigenvalue weighted by Crippen LogP contribution is -2.33. The van der Waals surface area contributed by atoms with E-state index in [1.54, 1.807) is 0 Å². The van der Waals surface area contributed by atoms with Gasteiger partial charge in [-0.1, -0.05) is 34.1 Å². The van der Waals surface area contributed by atoms with Gasteiger partial charge in [0, 0.05) is 12.0 Å². The molecular weight excluding hydrogens is 260 g/mol. The van der Waals surface area contributed by atoms with E-state index in [0.29, 0.717) is 12.2 Å². The zero-order valence-corrected chi connectivity index (χ0v) is 12.4. The highest BCUT2D eigenvalue weighted by Gasteiger charge is 2.22. The molecule has 0 bridgehead atoms. The zero-order valence-electron chi connectivity index (χ0n) is 12.4. The van der Waals surface area contributed by atoms with Crippen LogP contribution in [-0.2, 0) is 10.2 Å². The Hall–Kier alpha value is -1.92. The maximum absolute atomic E-state index is 11.9. The van der Waals surface area contributed by atoms with Crippen molar-refractivity contribution in [2.45, 2.75) is 46.0 Å². The first kappa shape index (κ1) is 16.1.